The van der Waals surface area contributed by atoms with Gasteiger partial charge in [0.2, 0.25) is 0 Å². The van der Waals surface area contributed by atoms with Crippen LogP contribution in [-0.2, 0) is 26.0 Å². The number of benzene rings is 3. The summed E-state index contributed by atoms with van der Waals surface area (Å²) in [6.07, 6.45) is -0.0563. The minimum Gasteiger partial charge on any atom is -0.493 e. The second-order valence-electron chi connectivity index (χ2n) is 8.57. The molecule has 0 aliphatic rings. The summed E-state index contributed by atoms with van der Waals surface area (Å²) in [5.74, 6) is 6.04. The number of hydrogen-bond acceptors (Lipinski definition) is 6. The molecule has 3 rings (SSSR count). The van der Waals surface area contributed by atoms with E-state index in [0.29, 0.717) is 23.4 Å². The molecule has 194 valence electrons. The summed E-state index contributed by atoms with van der Waals surface area (Å²) >= 11 is 0. The largest absolute Gasteiger partial charge is 0.493 e. The van der Waals surface area contributed by atoms with E-state index in [1.165, 1.54) is 12.1 Å². The fourth-order valence-corrected chi connectivity index (χ4v) is 4.47. The normalized spacial score (nSPS) is 11.8. The van der Waals surface area contributed by atoms with Gasteiger partial charge in [0.25, 0.3) is 10.0 Å². The lowest BCUT2D eigenvalue weighted by Gasteiger charge is -2.12. The monoisotopic (exact) mass is 521 g/mol. The fraction of sp³-hybridized carbons (Fsp3) is 0.276. The van der Waals surface area contributed by atoms with Crippen LogP contribution in [0, 0.1) is 11.8 Å². The van der Waals surface area contributed by atoms with Crippen LogP contribution in [0.4, 0.5) is 5.69 Å². The molecular weight excluding hydrogens is 490 g/mol. The molecule has 0 amide bonds. The number of carbonyl (C=O) groups is 1. The van der Waals surface area contributed by atoms with Gasteiger partial charge < -0.3 is 14.6 Å². The Morgan fingerprint density at radius 1 is 1.00 bits per heavy atom. The quantitative estimate of drug-likeness (QED) is 0.284. The second kappa shape index (κ2) is 13.5. The Labute approximate surface area is 218 Å². The van der Waals surface area contributed by atoms with E-state index in [0.717, 1.165) is 5.56 Å². The van der Waals surface area contributed by atoms with E-state index in [1.807, 2.05) is 38.1 Å². The van der Waals surface area contributed by atoms with Gasteiger partial charge in [0.05, 0.1) is 23.3 Å². The fourth-order valence-electron chi connectivity index (χ4n) is 3.40. The molecule has 0 spiro atoms. The number of sulfonamides is 1. The SMILES string of the molecule is CC(C)OC(=O)CCc1ccccc1OCCC(O)C#Cc1cccc(NS(=O)(=O)c2ccccc2)c1. The van der Waals surface area contributed by atoms with Crippen molar-refractivity contribution in [3.63, 3.8) is 0 Å². The van der Waals surface area contributed by atoms with Gasteiger partial charge in [-0.05, 0) is 62.2 Å². The van der Waals surface area contributed by atoms with Crippen molar-refractivity contribution in [2.75, 3.05) is 11.3 Å². The maximum absolute atomic E-state index is 12.5. The van der Waals surface area contributed by atoms with Gasteiger partial charge in [-0.3, -0.25) is 9.52 Å². The summed E-state index contributed by atoms with van der Waals surface area (Å²) in [7, 11) is -3.71. The van der Waals surface area contributed by atoms with Gasteiger partial charge in [-0.2, -0.15) is 0 Å². The zero-order chi connectivity index (χ0) is 26.7. The van der Waals surface area contributed by atoms with Crippen molar-refractivity contribution in [1.82, 2.24) is 0 Å². The summed E-state index contributed by atoms with van der Waals surface area (Å²) in [4.78, 5) is 12.0. The first-order valence-corrected chi connectivity index (χ1v) is 13.5. The highest BCUT2D eigenvalue weighted by Gasteiger charge is 2.13. The van der Waals surface area contributed by atoms with E-state index >= 15 is 0 Å². The molecule has 0 bridgehead atoms. The van der Waals surface area contributed by atoms with Crippen molar-refractivity contribution >= 4 is 21.7 Å². The van der Waals surface area contributed by atoms with E-state index in [-0.39, 0.29) is 36.4 Å². The Hall–Kier alpha value is -3.80. The highest BCUT2D eigenvalue weighted by atomic mass is 32.2. The van der Waals surface area contributed by atoms with Crippen molar-refractivity contribution in [1.29, 1.82) is 0 Å². The van der Waals surface area contributed by atoms with E-state index in [4.69, 9.17) is 9.47 Å². The van der Waals surface area contributed by atoms with Crippen LogP contribution in [0.2, 0.25) is 0 Å². The average molecular weight is 522 g/mol. The molecule has 1 unspecified atom stereocenters. The molecule has 2 N–H and O–H groups in total. The molecule has 0 saturated carbocycles. The van der Waals surface area contributed by atoms with E-state index in [2.05, 4.69) is 16.6 Å². The second-order valence-corrected chi connectivity index (χ2v) is 10.3. The van der Waals surface area contributed by atoms with E-state index in [1.54, 1.807) is 42.5 Å². The van der Waals surface area contributed by atoms with Crippen LogP contribution in [0.5, 0.6) is 5.75 Å². The first kappa shape index (κ1) is 27.8. The van der Waals surface area contributed by atoms with Crippen LogP contribution >= 0.6 is 0 Å². The third kappa shape index (κ3) is 9.30. The van der Waals surface area contributed by atoms with E-state index < -0.39 is 16.1 Å². The molecule has 0 fully saturated rings. The summed E-state index contributed by atoms with van der Waals surface area (Å²) in [5, 5.41) is 10.3. The Kier molecular flexibility index (Phi) is 10.1. The summed E-state index contributed by atoms with van der Waals surface area (Å²) in [5.41, 5.74) is 1.83. The van der Waals surface area contributed by atoms with Gasteiger partial charge in [-0.25, -0.2) is 8.42 Å². The zero-order valence-corrected chi connectivity index (χ0v) is 21.7. The lowest BCUT2D eigenvalue weighted by Crippen LogP contribution is -2.13. The van der Waals surface area contributed by atoms with Gasteiger partial charge in [-0.1, -0.05) is 54.3 Å². The van der Waals surface area contributed by atoms with Crippen molar-refractivity contribution < 1.29 is 27.8 Å². The minimum absolute atomic E-state index is 0.150. The smallest absolute Gasteiger partial charge is 0.306 e. The van der Waals surface area contributed by atoms with Crippen molar-refractivity contribution in [3.05, 3.63) is 90.0 Å². The lowest BCUT2D eigenvalue weighted by molar-refractivity contribution is -0.147. The van der Waals surface area contributed by atoms with Crippen LogP contribution in [0.25, 0.3) is 0 Å². The number of nitrogens with one attached hydrogen (secondary N) is 1. The number of carbonyl (C=O) groups excluding carboxylic acids is 1. The molecule has 0 radical (unpaired) electrons. The standard InChI is InChI=1S/C29H31NO6S/c1-22(2)36-29(32)18-16-24-10-6-7-14-28(24)35-20-19-26(31)17-15-23-9-8-11-25(21-23)30-37(33,34)27-12-4-3-5-13-27/h3-14,21-22,26,30-31H,16,18-20H2,1-2H3. The van der Waals surface area contributed by atoms with Gasteiger partial charge in [0.1, 0.15) is 11.9 Å². The molecule has 0 aliphatic carbocycles. The van der Waals surface area contributed by atoms with Crippen LogP contribution in [0.1, 0.15) is 37.8 Å². The Bertz CT molecular complexity index is 1340. The van der Waals surface area contributed by atoms with Crippen LogP contribution in [0.15, 0.2) is 83.8 Å². The number of aliphatic hydroxyl groups is 1. The molecule has 0 saturated heterocycles. The molecule has 37 heavy (non-hydrogen) atoms. The summed E-state index contributed by atoms with van der Waals surface area (Å²) in [6.45, 7) is 3.86. The number of hydrogen-bond donors (Lipinski definition) is 2. The number of esters is 1. The first-order chi connectivity index (χ1) is 17.7. The summed E-state index contributed by atoms with van der Waals surface area (Å²) in [6, 6.07) is 22.2. The molecule has 3 aromatic carbocycles. The predicted molar refractivity (Wildman–Crippen MR) is 143 cm³/mol. The number of aliphatic hydroxyl groups excluding tert-OH is 1. The molecule has 8 heteroatoms. The van der Waals surface area contributed by atoms with Crippen molar-refractivity contribution in [2.24, 2.45) is 0 Å². The average Bonchev–Trinajstić information content (AvgIpc) is 2.87. The molecule has 1 atom stereocenters. The Balaban J connectivity index is 1.53. The molecule has 0 aromatic heterocycles. The number of para-hydroxylation sites is 1. The van der Waals surface area contributed by atoms with Gasteiger partial charge in [0.15, 0.2) is 0 Å². The predicted octanol–water partition coefficient (Wildman–Crippen LogP) is 4.55. The molecule has 0 heterocycles. The van der Waals surface area contributed by atoms with Gasteiger partial charge in [-0.15, -0.1) is 0 Å². The minimum atomic E-state index is -3.71. The zero-order valence-electron chi connectivity index (χ0n) is 20.9. The topological polar surface area (TPSA) is 102 Å². The van der Waals surface area contributed by atoms with Crippen LogP contribution in [0.3, 0.4) is 0 Å². The third-order valence-corrected chi connectivity index (χ3v) is 6.54. The van der Waals surface area contributed by atoms with Crippen LogP contribution in [-0.4, -0.2) is 38.3 Å². The lowest BCUT2D eigenvalue weighted by atomic mass is 10.1. The summed E-state index contributed by atoms with van der Waals surface area (Å²) < 4.78 is 38.6. The maximum Gasteiger partial charge on any atom is 0.306 e. The van der Waals surface area contributed by atoms with Gasteiger partial charge >= 0.3 is 5.97 Å². The highest BCUT2D eigenvalue weighted by Crippen LogP contribution is 2.20. The van der Waals surface area contributed by atoms with Crippen LogP contribution < -0.4 is 9.46 Å². The molecule has 3 aromatic rings. The number of ether oxygens (including phenoxy) is 2. The maximum atomic E-state index is 12.5. The van der Waals surface area contributed by atoms with Crippen molar-refractivity contribution in [2.45, 2.75) is 50.2 Å². The third-order valence-electron chi connectivity index (χ3n) is 5.14. The highest BCUT2D eigenvalue weighted by molar-refractivity contribution is 7.92. The Morgan fingerprint density at radius 2 is 1.73 bits per heavy atom. The van der Waals surface area contributed by atoms with Gasteiger partial charge in [0, 0.05) is 18.4 Å². The Morgan fingerprint density at radius 3 is 2.49 bits per heavy atom. The molecular formula is C29H31NO6S. The van der Waals surface area contributed by atoms with E-state index in [9.17, 15) is 18.3 Å². The molecule has 7 nitrogen and oxygen atoms in total. The number of anilines is 1. The number of rotatable bonds is 11. The van der Waals surface area contributed by atoms with Crippen molar-refractivity contribution in [3.8, 4) is 17.6 Å². The molecule has 0 aliphatic heterocycles. The number of aryl methyl sites for hydroxylation is 1. The first-order valence-electron chi connectivity index (χ1n) is 12.0.